The predicted molar refractivity (Wildman–Crippen MR) is 72.8 cm³/mol. The molecule has 1 aliphatic rings. The topological polar surface area (TPSA) is 147 Å². The van der Waals surface area contributed by atoms with Gasteiger partial charge in [-0.05, 0) is 0 Å². The number of nitrogens with two attached hydrogens (primary N) is 1. The zero-order valence-electron chi connectivity index (χ0n) is 10.6. The van der Waals surface area contributed by atoms with E-state index < -0.39 is 36.7 Å². The van der Waals surface area contributed by atoms with Crippen molar-refractivity contribution in [2.24, 2.45) is 0 Å². The van der Waals surface area contributed by atoms with E-state index in [2.05, 4.69) is 9.97 Å². The molecule has 0 radical (unpaired) electrons. The lowest BCUT2D eigenvalue weighted by Crippen LogP contribution is -2.33. The van der Waals surface area contributed by atoms with Crippen molar-refractivity contribution in [3.63, 3.8) is 0 Å². The van der Waals surface area contributed by atoms with E-state index in [-0.39, 0.29) is 21.9 Å². The maximum Gasteiger partial charge on any atom is 0.277 e. The fourth-order valence-corrected chi connectivity index (χ4v) is 2.65. The molecule has 9 nitrogen and oxygen atoms in total. The molecule has 0 bridgehead atoms. The van der Waals surface area contributed by atoms with Crippen LogP contribution in [-0.2, 0) is 4.74 Å². The van der Waals surface area contributed by atoms with Crippen LogP contribution in [0.3, 0.4) is 0 Å². The van der Waals surface area contributed by atoms with E-state index in [1.807, 2.05) is 0 Å². The SMILES string of the molecule is Nc1[nH]c(=O)c2ncn([C@@H]3O[C@H](CO)[C@@H](O)[C@H]3O)c2c1Cl. The number of rotatable bonds is 2. The van der Waals surface area contributed by atoms with Gasteiger partial charge in [0, 0.05) is 0 Å². The van der Waals surface area contributed by atoms with Gasteiger partial charge in [0.1, 0.15) is 29.2 Å². The Hall–Kier alpha value is -1.65. The summed E-state index contributed by atoms with van der Waals surface area (Å²) in [6.45, 7) is -0.461. The highest BCUT2D eigenvalue weighted by molar-refractivity contribution is 6.37. The molecule has 3 rings (SSSR count). The number of nitrogens with zero attached hydrogens (tertiary/aromatic N) is 2. The van der Waals surface area contributed by atoms with Gasteiger partial charge < -0.3 is 30.8 Å². The number of aliphatic hydroxyl groups excluding tert-OH is 3. The van der Waals surface area contributed by atoms with Crippen LogP contribution >= 0.6 is 11.6 Å². The molecule has 1 aliphatic heterocycles. The zero-order valence-corrected chi connectivity index (χ0v) is 11.4. The van der Waals surface area contributed by atoms with Crippen LogP contribution in [0.1, 0.15) is 6.23 Å². The second-order valence-electron chi connectivity index (χ2n) is 4.76. The van der Waals surface area contributed by atoms with Crippen LogP contribution in [-0.4, -0.2) is 54.8 Å². The molecule has 0 amide bonds. The Morgan fingerprint density at radius 3 is 2.81 bits per heavy atom. The van der Waals surface area contributed by atoms with Crippen LogP contribution in [0.25, 0.3) is 11.0 Å². The summed E-state index contributed by atoms with van der Waals surface area (Å²) in [7, 11) is 0. The van der Waals surface area contributed by atoms with Crippen molar-refractivity contribution in [2.45, 2.75) is 24.5 Å². The second-order valence-corrected chi connectivity index (χ2v) is 5.14. The molecule has 2 aromatic rings. The van der Waals surface area contributed by atoms with Gasteiger partial charge in [0.15, 0.2) is 11.7 Å². The minimum atomic E-state index is -1.31. The number of aliphatic hydroxyl groups is 3. The maximum absolute atomic E-state index is 11.8. The van der Waals surface area contributed by atoms with Crippen LogP contribution in [0.5, 0.6) is 0 Å². The largest absolute Gasteiger partial charge is 0.394 e. The number of H-pyrrole nitrogens is 1. The quantitative estimate of drug-likeness (QED) is 0.456. The number of anilines is 1. The van der Waals surface area contributed by atoms with E-state index in [1.54, 1.807) is 0 Å². The van der Waals surface area contributed by atoms with Crippen molar-refractivity contribution in [1.82, 2.24) is 14.5 Å². The predicted octanol–water partition coefficient (Wildman–Crippen LogP) is -1.43. The van der Waals surface area contributed by atoms with E-state index in [0.29, 0.717) is 0 Å². The number of nitrogen functional groups attached to an aromatic ring is 1. The third-order valence-electron chi connectivity index (χ3n) is 3.49. The molecule has 3 heterocycles. The first-order chi connectivity index (χ1) is 9.95. The third-order valence-corrected chi connectivity index (χ3v) is 3.88. The van der Waals surface area contributed by atoms with E-state index in [1.165, 1.54) is 10.9 Å². The van der Waals surface area contributed by atoms with Crippen molar-refractivity contribution in [3.05, 3.63) is 21.7 Å². The fraction of sp³-hybridized carbons (Fsp3) is 0.455. The molecule has 1 fully saturated rings. The summed E-state index contributed by atoms with van der Waals surface area (Å²) in [5, 5.41) is 29.0. The van der Waals surface area contributed by atoms with E-state index in [4.69, 9.17) is 27.2 Å². The number of aromatic nitrogens is 3. The van der Waals surface area contributed by atoms with Crippen molar-refractivity contribution < 1.29 is 20.1 Å². The highest BCUT2D eigenvalue weighted by Crippen LogP contribution is 2.34. The molecule has 4 atom stereocenters. The van der Waals surface area contributed by atoms with Crippen LogP contribution in [0.4, 0.5) is 5.82 Å². The molecule has 0 unspecified atom stereocenters. The van der Waals surface area contributed by atoms with E-state index >= 15 is 0 Å². The lowest BCUT2D eigenvalue weighted by Gasteiger charge is -2.17. The van der Waals surface area contributed by atoms with Crippen molar-refractivity contribution >= 4 is 28.5 Å². The fourth-order valence-electron chi connectivity index (χ4n) is 2.41. The average Bonchev–Trinajstić information content (AvgIpc) is 3.00. The molecule has 10 heteroatoms. The van der Waals surface area contributed by atoms with E-state index in [0.717, 1.165) is 0 Å². The highest BCUT2D eigenvalue weighted by Gasteiger charge is 2.44. The number of fused-ring (bicyclic) bond motifs is 1. The third kappa shape index (κ3) is 2.01. The van der Waals surface area contributed by atoms with Gasteiger partial charge in [0.2, 0.25) is 0 Å². The summed E-state index contributed by atoms with van der Waals surface area (Å²) in [5.74, 6) is -0.0392. The summed E-state index contributed by atoms with van der Waals surface area (Å²) in [4.78, 5) is 18.0. The van der Waals surface area contributed by atoms with Crippen LogP contribution in [0.15, 0.2) is 11.1 Å². The number of pyridine rings is 1. The standard InChI is InChI=1S/C11H13ClN4O5/c12-4-6-5(10(20)15-9(4)13)14-2-16(6)11-8(19)7(18)3(1-17)21-11/h2-3,7-8,11,17-19H,1H2,(H3,13,15,20)/t3-,7-,8-,11-/m1/s1. The Kier molecular flexibility index (Phi) is 3.38. The second kappa shape index (κ2) is 4.97. The smallest absolute Gasteiger partial charge is 0.277 e. The molecule has 2 aromatic heterocycles. The summed E-state index contributed by atoms with van der Waals surface area (Å²) in [6.07, 6.45) is -3.31. The lowest BCUT2D eigenvalue weighted by molar-refractivity contribution is -0.0508. The van der Waals surface area contributed by atoms with Gasteiger partial charge in [-0.3, -0.25) is 9.36 Å². The van der Waals surface area contributed by atoms with Crippen molar-refractivity contribution in [3.8, 4) is 0 Å². The zero-order chi connectivity index (χ0) is 15.3. The Bertz CT molecular complexity index is 744. The number of halogens is 1. The summed E-state index contributed by atoms with van der Waals surface area (Å²) in [5.41, 5.74) is 5.30. The molecule has 0 saturated carbocycles. The first kappa shape index (κ1) is 14.3. The molecule has 0 aliphatic carbocycles. The molecule has 6 N–H and O–H groups in total. The van der Waals surface area contributed by atoms with Gasteiger partial charge in [-0.1, -0.05) is 11.6 Å². The van der Waals surface area contributed by atoms with Crippen LogP contribution < -0.4 is 11.3 Å². The monoisotopic (exact) mass is 316 g/mol. The average molecular weight is 317 g/mol. The number of imidazole rings is 1. The molecule has 1 saturated heterocycles. The molecular formula is C11H13ClN4O5. The summed E-state index contributed by atoms with van der Waals surface area (Å²) < 4.78 is 6.70. The number of hydrogen-bond acceptors (Lipinski definition) is 7. The number of nitrogens with one attached hydrogen (secondary N) is 1. The maximum atomic E-state index is 11.8. The summed E-state index contributed by atoms with van der Waals surface area (Å²) in [6, 6.07) is 0. The lowest BCUT2D eigenvalue weighted by atomic mass is 10.1. The molecule has 0 spiro atoms. The Labute approximate surface area is 122 Å². The number of ether oxygens (including phenoxy) is 1. The van der Waals surface area contributed by atoms with Gasteiger partial charge in [-0.2, -0.15) is 0 Å². The van der Waals surface area contributed by atoms with Gasteiger partial charge in [0.05, 0.1) is 18.5 Å². The molecule has 114 valence electrons. The Balaban J connectivity index is 2.16. The minimum absolute atomic E-state index is 0.0342. The number of hydrogen-bond donors (Lipinski definition) is 5. The normalized spacial score (nSPS) is 29.3. The van der Waals surface area contributed by atoms with Gasteiger partial charge in [-0.25, -0.2) is 4.98 Å². The van der Waals surface area contributed by atoms with Crippen molar-refractivity contribution in [1.29, 1.82) is 0 Å². The van der Waals surface area contributed by atoms with Crippen molar-refractivity contribution in [2.75, 3.05) is 12.3 Å². The molecule has 21 heavy (non-hydrogen) atoms. The van der Waals surface area contributed by atoms with Crippen LogP contribution in [0.2, 0.25) is 5.02 Å². The first-order valence-electron chi connectivity index (χ1n) is 6.12. The van der Waals surface area contributed by atoms with E-state index in [9.17, 15) is 15.0 Å². The van der Waals surface area contributed by atoms with Gasteiger partial charge >= 0.3 is 0 Å². The first-order valence-corrected chi connectivity index (χ1v) is 6.49. The van der Waals surface area contributed by atoms with Gasteiger partial charge in [0.25, 0.3) is 5.56 Å². The Morgan fingerprint density at radius 1 is 1.48 bits per heavy atom. The Morgan fingerprint density at radius 2 is 2.19 bits per heavy atom. The highest BCUT2D eigenvalue weighted by atomic mass is 35.5. The molecular weight excluding hydrogens is 304 g/mol. The van der Waals surface area contributed by atoms with Gasteiger partial charge in [-0.15, -0.1) is 0 Å². The van der Waals surface area contributed by atoms with Crippen LogP contribution in [0, 0.1) is 0 Å². The molecule has 0 aromatic carbocycles. The summed E-state index contributed by atoms with van der Waals surface area (Å²) >= 11 is 6.07. The number of aromatic amines is 1. The minimum Gasteiger partial charge on any atom is -0.394 e.